The number of rotatable bonds is 8. The first-order valence-electron chi connectivity index (χ1n) is 8.30. The van der Waals surface area contributed by atoms with Crippen LogP contribution in [0, 0.1) is 25.2 Å². The molecule has 0 radical (unpaired) electrons. The van der Waals surface area contributed by atoms with Crippen LogP contribution in [0.5, 0.6) is 17.2 Å². The van der Waals surface area contributed by atoms with E-state index >= 15 is 0 Å². The second kappa shape index (κ2) is 9.30. The van der Waals surface area contributed by atoms with Gasteiger partial charge >= 0.3 is 5.97 Å². The fraction of sp³-hybridized carbons (Fsp3) is 0.238. The summed E-state index contributed by atoms with van der Waals surface area (Å²) >= 11 is 0. The zero-order valence-electron chi connectivity index (χ0n) is 15.5. The van der Waals surface area contributed by atoms with Crippen LogP contribution in [0.3, 0.4) is 0 Å². The van der Waals surface area contributed by atoms with Crippen LogP contribution >= 0.6 is 0 Å². The van der Waals surface area contributed by atoms with E-state index in [0.717, 1.165) is 16.9 Å². The van der Waals surface area contributed by atoms with Gasteiger partial charge in [-0.2, -0.15) is 5.26 Å². The van der Waals surface area contributed by atoms with Crippen LogP contribution in [-0.2, 0) is 4.79 Å². The Morgan fingerprint density at radius 3 is 2.33 bits per heavy atom. The molecule has 140 valence electrons. The van der Waals surface area contributed by atoms with Crippen molar-refractivity contribution in [2.24, 2.45) is 0 Å². The molecule has 2 rings (SSSR count). The molecule has 0 heterocycles. The largest absolute Gasteiger partial charge is 0.493 e. The molecule has 0 saturated carbocycles. The highest BCUT2D eigenvalue weighted by Crippen LogP contribution is 2.29. The van der Waals surface area contributed by atoms with Gasteiger partial charge in [-0.25, -0.2) is 4.79 Å². The number of benzene rings is 2. The Labute approximate surface area is 158 Å². The summed E-state index contributed by atoms with van der Waals surface area (Å²) in [5, 5.41) is 17.8. The maximum atomic E-state index is 10.9. The summed E-state index contributed by atoms with van der Waals surface area (Å²) in [6.45, 7) is 4.71. The monoisotopic (exact) mass is 367 g/mol. The fourth-order valence-corrected chi connectivity index (χ4v) is 2.53. The summed E-state index contributed by atoms with van der Waals surface area (Å²) < 4.78 is 16.7. The lowest BCUT2D eigenvalue weighted by molar-refractivity contribution is -0.132. The highest BCUT2D eigenvalue weighted by atomic mass is 16.5. The molecule has 1 N–H and O–H groups in total. The number of methoxy groups -OCH3 is 1. The summed E-state index contributed by atoms with van der Waals surface area (Å²) in [4.78, 5) is 10.9. The van der Waals surface area contributed by atoms with Crippen LogP contribution in [0.15, 0.2) is 42.0 Å². The van der Waals surface area contributed by atoms with Gasteiger partial charge in [-0.05, 0) is 60.9 Å². The van der Waals surface area contributed by atoms with E-state index in [1.807, 2.05) is 26.0 Å². The van der Waals surface area contributed by atoms with Gasteiger partial charge in [-0.1, -0.05) is 12.1 Å². The van der Waals surface area contributed by atoms with Gasteiger partial charge in [-0.3, -0.25) is 0 Å². The first-order valence-corrected chi connectivity index (χ1v) is 8.30. The van der Waals surface area contributed by atoms with Crippen LogP contribution in [0.1, 0.15) is 16.7 Å². The van der Waals surface area contributed by atoms with Gasteiger partial charge in [0.15, 0.2) is 11.5 Å². The summed E-state index contributed by atoms with van der Waals surface area (Å²) in [6.07, 6.45) is 1.28. The molecule has 2 aromatic carbocycles. The standard InChI is InChI=1S/C21H21NO5/c1-14-8-15(2)10-18(9-14)26-6-7-27-19-5-4-16(12-20(19)25-3)11-17(13-22)21(23)24/h4-5,8-12H,6-7H2,1-3H3,(H,23,24). The summed E-state index contributed by atoms with van der Waals surface area (Å²) in [6, 6.07) is 12.6. The highest BCUT2D eigenvalue weighted by Gasteiger charge is 2.09. The normalized spacial score (nSPS) is 10.8. The van der Waals surface area contributed by atoms with E-state index < -0.39 is 5.97 Å². The molecule has 0 saturated heterocycles. The van der Waals surface area contributed by atoms with Crippen molar-refractivity contribution in [3.8, 4) is 23.3 Å². The molecule has 6 heteroatoms. The Bertz CT molecular complexity index is 876. The number of carboxylic acids is 1. The van der Waals surface area contributed by atoms with Crippen molar-refractivity contribution >= 4 is 12.0 Å². The Hall–Kier alpha value is -3.46. The third-order valence-corrected chi connectivity index (χ3v) is 3.65. The molecule has 0 atom stereocenters. The lowest BCUT2D eigenvalue weighted by Gasteiger charge is -2.12. The minimum absolute atomic E-state index is 0.317. The molecule has 6 nitrogen and oxygen atoms in total. The number of hydrogen-bond donors (Lipinski definition) is 1. The average molecular weight is 367 g/mol. The number of aryl methyl sites for hydroxylation is 2. The van der Waals surface area contributed by atoms with E-state index in [1.54, 1.807) is 24.3 Å². The van der Waals surface area contributed by atoms with Crippen LogP contribution in [-0.4, -0.2) is 31.4 Å². The van der Waals surface area contributed by atoms with Gasteiger partial charge < -0.3 is 19.3 Å². The third-order valence-electron chi connectivity index (χ3n) is 3.65. The molecule has 0 aromatic heterocycles. The molecule has 0 aliphatic heterocycles. The Balaban J connectivity index is 2.00. The molecule has 0 amide bonds. The van der Waals surface area contributed by atoms with Crippen LogP contribution in [0.4, 0.5) is 0 Å². The number of carbonyl (C=O) groups is 1. The molecule has 0 unspecified atom stereocenters. The van der Waals surface area contributed by atoms with E-state index in [9.17, 15) is 4.79 Å². The summed E-state index contributed by atoms with van der Waals surface area (Å²) in [5.41, 5.74) is 2.45. The first-order chi connectivity index (χ1) is 12.9. The minimum Gasteiger partial charge on any atom is -0.493 e. The molecule has 27 heavy (non-hydrogen) atoms. The number of nitriles is 1. The smallest absolute Gasteiger partial charge is 0.346 e. The summed E-state index contributed by atoms with van der Waals surface area (Å²) in [5.74, 6) is 0.465. The predicted molar refractivity (Wildman–Crippen MR) is 101 cm³/mol. The van der Waals surface area contributed by atoms with Gasteiger partial charge in [0.2, 0.25) is 0 Å². The molecule has 0 spiro atoms. The second-order valence-electron chi connectivity index (χ2n) is 5.91. The van der Waals surface area contributed by atoms with Crippen molar-refractivity contribution in [1.29, 1.82) is 5.26 Å². The number of nitrogens with zero attached hydrogens (tertiary/aromatic N) is 1. The highest BCUT2D eigenvalue weighted by molar-refractivity contribution is 5.96. The van der Waals surface area contributed by atoms with E-state index in [1.165, 1.54) is 13.2 Å². The van der Waals surface area contributed by atoms with Crippen molar-refractivity contribution in [2.75, 3.05) is 20.3 Å². The molecule has 0 fully saturated rings. The Morgan fingerprint density at radius 1 is 1.07 bits per heavy atom. The summed E-state index contributed by atoms with van der Waals surface area (Å²) in [7, 11) is 1.49. The van der Waals surface area contributed by atoms with Crippen molar-refractivity contribution in [1.82, 2.24) is 0 Å². The van der Waals surface area contributed by atoms with Gasteiger partial charge in [-0.15, -0.1) is 0 Å². The molecule has 0 aliphatic carbocycles. The van der Waals surface area contributed by atoms with Gasteiger partial charge in [0, 0.05) is 0 Å². The lowest BCUT2D eigenvalue weighted by atomic mass is 10.1. The Kier molecular flexibility index (Phi) is 6.84. The quantitative estimate of drug-likeness (QED) is 0.434. The van der Waals surface area contributed by atoms with Gasteiger partial charge in [0.1, 0.15) is 30.6 Å². The molecule has 2 aromatic rings. The molecular formula is C21H21NO5. The fourth-order valence-electron chi connectivity index (χ4n) is 2.53. The second-order valence-corrected chi connectivity index (χ2v) is 5.91. The van der Waals surface area contributed by atoms with E-state index in [-0.39, 0.29) is 5.57 Å². The van der Waals surface area contributed by atoms with Crippen molar-refractivity contribution in [2.45, 2.75) is 13.8 Å². The predicted octanol–water partition coefficient (Wildman–Crippen LogP) is 3.76. The van der Waals surface area contributed by atoms with Crippen molar-refractivity contribution < 1.29 is 24.1 Å². The van der Waals surface area contributed by atoms with E-state index in [0.29, 0.717) is 30.3 Å². The van der Waals surface area contributed by atoms with Crippen molar-refractivity contribution in [3.63, 3.8) is 0 Å². The zero-order valence-corrected chi connectivity index (χ0v) is 15.5. The number of carboxylic acid groups (broad SMARTS) is 1. The zero-order chi connectivity index (χ0) is 19.8. The SMILES string of the molecule is COc1cc(C=C(C#N)C(=O)O)ccc1OCCOc1cc(C)cc(C)c1. The lowest BCUT2D eigenvalue weighted by Crippen LogP contribution is -2.09. The molecule has 0 bridgehead atoms. The molecular weight excluding hydrogens is 346 g/mol. The third kappa shape index (κ3) is 5.79. The van der Waals surface area contributed by atoms with E-state index in [2.05, 4.69) is 6.07 Å². The van der Waals surface area contributed by atoms with Gasteiger partial charge in [0.05, 0.1) is 7.11 Å². The number of ether oxygens (including phenoxy) is 3. The topological polar surface area (TPSA) is 88.8 Å². The Morgan fingerprint density at radius 2 is 1.74 bits per heavy atom. The first kappa shape index (κ1) is 19.9. The van der Waals surface area contributed by atoms with Crippen LogP contribution in [0.2, 0.25) is 0 Å². The maximum Gasteiger partial charge on any atom is 0.346 e. The number of aliphatic carboxylic acids is 1. The van der Waals surface area contributed by atoms with Crippen LogP contribution < -0.4 is 14.2 Å². The maximum absolute atomic E-state index is 10.9. The minimum atomic E-state index is -1.28. The molecule has 0 aliphatic rings. The van der Waals surface area contributed by atoms with Gasteiger partial charge in [0.25, 0.3) is 0 Å². The van der Waals surface area contributed by atoms with Crippen LogP contribution in [0.25, 0.3) is 6.08 Å². The van der Waals surface area contributed by atoms with E-state index in [4.69, 9.17) is 24.6 Å². The number of hydrogen-bond acceptors (Lipinski definition) is 5. The van der Waals surface area contributed by atoms with Crippen molar-refractivity contribution in [3.05, 3.63) is 58.7 Å². The average Bonchev–Trinajstić information content (AvgIpc) is 2.62.